The average Bonchev–Trinajstić information content (AvgIpc) is 3.21. The molecule has 0 aliphatic carbocycles. The van der Waals surface area contributed by atoms with Gasteiger partial charge in [-0.15, -0.1) is 24.0 Å². The van der Waals surface area contributed by atoms with Crippen molar-refractivity contribution >= 4 is 29.9 Å². The van der Waals surface area contributed by atoms with Gasteiger partial charge in [0.1, 0.15) is 5.75 Å². The Morgan fingerprint density at radius 2 is 2.15 bits per heavy atom. The first-order valence-electron chi connectivity index (χ1n) is 9.39. The molecule has 2 aromatic rings. The number of hydrogen-bond donors (Lipinski definition) is 1. The molecular formula is C20H30IN5O. The van der Waals surface area contributed by atoms with Gasteiger partial charge in [-0.25, -0.2) is 4.98 Å². The second kappa shape index (κ2) is 11.2. The van der Waals surface area contributed by atoms with Crippen molar-refractivity contribution in [2.45, 2.75) is 25.8 Å². The smallest absolute Gasteiger partial charge is 0.193 e. The van der Waals surface area contributed by atoms with Crippen molar-refractivity contribution < 1.29 is 4.74 Å². The summed E-state index contributed by atoms with van der Waals surface area (Å²) in [4.78, 5) is 11.0. The van der Waals surface area contributed by atoms with Crippen LogP contribution in [0.4, 0.5) is 0 Å². The van der Waals surface area contributed by atoms with E-state index in [4.69, 9.17) is 4.74 Å². The molecule has 1 aromatic carbocycles. The molecule has 0 spiro atoms. The monoisotopic (exact) mass is 483 g/mol. The van der Waals surface area contributed by atoms with Crippen molar-refractivity contribution in [2.75, 3.05) is 33.3 Å². The molecule has 1 saturated heterocycles. The normalized spacial score (nSPS) is 20.1. The Kier molecular flexibility index (Phi) is 8.90. The number of rotatable bonds is 6. The molecule has 27 heavy (non-hydrogen) atoms. The molecule has 1 N–H and O–H groups in total. The fourth-order valence-electron chi connectivity index (χ4n) is 3.41. The molecule has 2 unspecified atom stereocenters. The third kappa shape index (κ3) is 6.12. The molecule has 1 aromatic heterocycles. The summed E-state index contributed by atoms with van der Waals surface area (Å²) in [5, 5.41) is 3.48. The van der Waals surface area contributed by atoms with E-state index in [1.54, 1.807) is 0 Å². The van der Waals surface area contributed by atoms with Crippen molar-refractivity contribution in [2.24, 2.45) is 10.9 Å². The van der Waals surface area contributed by atoms with Gasteiger partial charge < -0.3 is 19.5 Å². The lowest BCUT2D eigenvalue weighted by Crippen LogP contribution is -2.49. The Hall–Kier alpha value is -1.77. The van der Waals surface area contributed by atoms with E-state index in [1.807, 2.05) is 49.9 Å². The van der Waals surface area contributed by atoms with Crippen LogP contribution >= 0.6 is 24.0 Å². The molecular weight excluding hydrogens is 453 g/mol. The predicted octanol–water partition coefficient (Wildman–Crippen LogP) is 3.43. The summed E-state index contributed by atoms with van der Waals surface area (Å²) in [5.74, 6) is 2.53. The molecule has 7 heteroatoms. The number of imidazole rings is 1. The van der Waals surface area contributed by atoms with Gasteiger partial charge in [0, 0.05) is 39.1 Å². The van der Waals surface area contributed by atoms with Crippen LogP contribution in [0.2, 0.25) is 0 Å². The van der Waals surface area contributed by atoms with E-state index in [-0.39, 0.29) is 24.0 Å². The highest BCUT2D eigenvalue weighted by Gasteiger charge is 2.28. The maximum atomic E-state index is 5.74. The molecule has 1 aliphatic heterocycles. The zero-order chi connectivity index (χ0) is 18.2. The largest absolute Gasteiger partial charge is 0.494 e. The SMILES string of the molecule is CN=C(NCCCOc1ccccc1)N1CCC(C)C(n2ccnc2)C1.I. The van der Waals surface area contributed by atoms with Gasteiger partial charge in [0.2, 0.25) is 0 Å². The number of halogens is 1. The van der Waals surface area contributed by atoms with Gasteiger partial charge in [0.05, 0.1) is 19.0 Å². The number of aliphatic imine (C=N–C) groups is 1. The van der Waals surface area contributed by atoms with E-state index >= 15 is 0 Å². The van der Waals surface area contributed by atoms with E-state index in [1.165, 1.54) is 0 Å². The van der Waals surface area contributed by atoms with Crippen LogP contribution in [0.1, 0.15) is 25.8 Å². The second-order valence-electron chi connectivity index (χ2n) is 6.78. The highest BCUT2D eigenvalue weighted by atomic mass is 127. The van der Waals surface area contributed by atoms with Gasteiger partial charge in [-0.1, -0.05) is 25.1 Å². The highest BCUT2D eigenvalue weighted by molar-refractivity contribution is 14.0. The van der Waals surface area contributed by atoms with Crippen molar-refractivity contribution in [3.63, 3.8) is 0 Å². The number of nitrogens with zero attached hydrogens (tertiary/aromatic N) is 4. The maximum absolute atomic E-state index is 5.74. The van der Waals surface area contributed by atoms with E-state index in [2.05, 4.69) is 37.9 Å². The molecule has 3 rings (SSSR count). The van der Waals surface area contributed by atoms with Crippen LogP contribution in [-0.4, -0.2) is 53.7 Å². The average molecular weight is 483 g/mol. The first-order valence-corrected chi connectivity index (χ1v) is 9.39. The fourth-order valence-corrected chi connectivity index (χ4v) is 3.41. The number of piperidine rings is 1. The van der Waals surface area contributed by atoms with E-state index in [0.717, 1.165) is 44.2 Å². The van der Waals surface area contributed by atoms with Gasteiger partial charge in [-0.3, -0.25) is 4.99 Å². The topological polar surface area (TPSA) is 54.7 Å². The van der Waals surface area contributed by atoms with Gasteiger partial charge in [-0.05, 0) is 30.9 Å². The van der Waals surface area contributed by atoms with Crippen LogP contribution < -0.4 is 10.1 Å². The molecule has 0 bridgehead atoms. The fraction of sp³-hybridized carbons (Fsp3) is 0.500. The lowest BCUT2D eigenvalue weighted by Gasteiger charge is -2.39. The number of hydrogen-bond acceptors (Lipinski definition) is 3. The highest BCUT2D eigenvalue weighted by Crippen LogP contribution is 2.27. The summed E-state index contributed by atoms with van der Waals surface area (Å²) in [6.45, 7) is 5.85. The number of ether oxygens (including phenoxy) is 1. The van der Waals surface area contributed by atoms with Crippen molar-refractivity contribution in [3.05, 3.63) is 49.1 Å². The summed E-state index contributed by atoms with van der Waals surface area (Å²) in [6.07, 6.45) is 7.92. The summed E-state index contributed by atoms with van der Waals surface area (Å²) in [6, 6.07) is 10.4. The van der Waals surface area contributed by atoms with Crippen molar-refractivity contribution in [3.8, 4) is 5.75 Å². The van der Waals surface area contributed by atoms with Crippen LogP contribution in [0, 0.1) is 5.92 Å². The molecule has 0 saturated carbocycles. The molecule has 148 valence electrons. The van der Waals surface area contributed by atoms with Crippen LogP contribution in [0.15, 0.2) is 54.0 Å². The second-order valence-corrected chi connectivity index (χ2v) is 6.78. The van der Waals surface area contributed by atoms with Gasteiger partial charge in [0.15, 0.2) is 5.96 Å². The first kappa shape index (κ1) is 21.5. The lowest BCUT2D eigenvalue weighted by atomic mass is 9.93. The number of aromatic nitrogens is 2. The number of guanidine groups is 1. The Morgan fingerprint density at radius 1 is 1.33 bits per heavy atom. The van der Waals surface area contributed by atoms with Crippen molar-refractivity contribution in [1.82, 2.24) is 19.8 Å². The zero-order valence-corrected chi connectivity index (χ0v) is 18.5. The van der Waals surface area contributed by atoms with Gasteiger partial charge in [-0.2, -0.15) is 0 Å². The summed E-state index contributed by atoms with van der Waals surface area (Å²) in [5.41, 5.74) is 0. The van der Waals surface area contributed by atoms with Crippen LogP contribution in [0.25, 0.3) is 0 Å². The number of para-hydroxylation sites is 1. The lowest BCUT2D eigenvalue weighted by molar-refractivity contribution is 0.188. The molecule has 2 atom stereocenters. The third-order valence-corrected chi connectivity index (χ3v) is 4.95. The van der Waals surface area contributed by atoms with E-state index < -0.39 is 0 Å². The van der Waals surface area contributed by atoms with E-state index in [9.17, 15) is 0 Å². The van der Waals surface area contributed by atoms with Crippen LogP contribution in [0.5, 0.6) is 5.75 Å². The van der Waals surface area contributed by atoms with Gasteiger partial charge in [0.25, 0.3) is 0 Å². The predicted molar refractivity (Wildman–Crippen MR) is 120 cm³/mol. The third-order valence-electron chi connectivity index (χ3n) is 4.95. The number of benzene rings is 1. The number of nitrogens with one attached hydrogen (secondary N) is 1. The summed E-state index contributed by atoms with van der Waals surface area (Å²) >= 11 is 0. The summed E-state index contributed by atoms with van der Waals surface area (Å²) < 4.78 is 7.96. The Balaban J connectivity index is 0.00000261. The molecule has 2 heterocycles. The van der Waals surface area contributed by atoms with Gasteiger partial charge >= 0.3 is 0 Å². The number of likely N-dealkylation sites (tertiary alicyclic amines) is 1. The minimum Gasteiger partial charge on any atom is -0.494 e. The molecule has 0 radical (unpaired) electrons. The standard InChI is InChI=1S/C20H29N5O.HI/c1-17-9-12-24(15-19(17)25-13-11-22-16-25)20(21-2)23-10-6-14-26-18-7-4-3-5-8-18;/h3-5,7-8,11,13,16-17,19H,6,9-10,12,14-15H2,1-2H3,(H,21,23);1H. The van der Waals surface area contributed by atoms with Crippen molar-refractivity contribution in [1.29, 1.82) is 0 Å². The molecule has 0 amide bonds. The first-order chi connectivity index (χ1) is 12.8. The molecule has 6 nitrogen and oxygen atoms in total. The van der Waals surface area contributed by atoms with Crippen LogP contribution in [0.3, 0.4) is 0 Å². The van der Waals surface area contributed by atoms with Crippen LogP contribution in [-0.2, 0) is 0 Å². The van der Waals surface area contributed by atoms with E-state index in [0.29, 0.717) is 18.6 Å². The Labute approximate surface area is 179 Å². The Bertz CT molecular complexity index is 677. The quantitative estimate of drug-likeness (QED) is 0.296. The summed E-state index contributed by atoms with van der Waals surface area (Å²) in [7, 11) is 1.85. The maximum Gasteiger partial charge on any atom is 0.193 e. The Morgan fingerprint density at radius 3 is 2.85 bits per heavy atom. The minimum atomic E-state index is 0. The minimum absolute atomic E-state index is 0. The molecule has 1 fully saturated rings. The zero-order valence-electron chi connectivity index (χ0n) is 16.1. The molecule has 1 aliphatic rings.